The number of carboxylic acid groups (broad SMARTS) is 1. The zero-order valence-electron chi connectivity index (χ0n) is 8.76. The molecule has 0 amide bonds. The highest BCUT2D eigenvalue weighted by Crippen LogP contribution is 2.16. The van der Waals surface area contributed by atoms with Crippen LogP contribution in [0.5, 0.6) is 0 Å². The second-order valence-corrected chi connectivity index (χ2v) is 3.80. The molecular weight excluding hydrogens is 244 g/mol. The van der Waals surface area contributed by atoms with E-state index < -0.39 is 5.97 Å². The molecule has 1 heterocycles. The predicted octanol–water partition coefficient (Wildman–Crippen LogP) is 2.21. The van der Waals surface area contributed by atoms with Crippen LogP contribution in [-0.2, 0) is 12.8 Å². The average molecular weight is 253 g/mol. The predicted molar refractivity (Wildman–Crippen MR) is 60.1 cm³/mol. The molecule has 0 bridgehead atoms. The van der Waals surface area contributed by atoms with Crippen molar-refractivity contribution in [1.29, 1.82) is 0 Å². The molecule has 1 aromatic heterocycles. The largest absolute Gasteiger partial charge is 0.474 e. The van der Waals surface area contributed by atoms with E-state index in [9.17, 15) is 4.79 Å². The van der Waals surface area contributed by atoms with Crippen molar-refractivity contribution in [2.24, 2.45) is 0 Å². The van der Waals surface area contributed by atoms with E-state index in [4.69, 9.17) is 21.1 Å². The summed E-state index contributed by atoms with van der Waals surface area (Å²) in [5, 5.41) is 16.3. The second kappa shape index (κ2) is 4.97. The van der Waals surface area contributed by atoms with Gasteiger partial charge in [-0.15, -0.1) is 10.2 Å². The van der Waals surface area contributed by atoms with Crippen LogP contribution in [0.1, 0.15) is 22.1 Å². The van der Waals surface area contributed by atoms with Crippen LogP contribution in [0.4, 0.5) is 0 Å². The Hall–Kier alpha value is -1.88. The summed E-state index contributed by atoms with van der Waals surface area (Å²) >= 11 is 5.99. The van der Waals surface area contributed by atoms with E-state index in [1.54, 1.807) is 6.07 Å². The minimum Gasteiger partial charge on any atom is -0.474 e. The van der Waals surface area contributed by atoms with Gasteiger partial charge in [0, 0.05) is 11.4 Å². The van der Waals surface area contributed by atoms with Gasteiger partial charge in [-0.25, -0.2) is 4.79 Å². The maximum Gasteiger partial charge on any atom is 0.393 e. The van der Waals surface area contributed by atoms with Crippen molar-refractivity contribution in [3.63, 3.8) is 0 Å². The minimum absolute atomic E-state index is 0.294. The highest BCUT2D eigenvalue weighted by Gasteiger charge is 2.12. The van der Waals surface area contributed by atoms with Crippen LogP contribution in [-0.4, -0.2) is 21.3 Å². The highest BCUT2D eigenvalue weighted by atomic mass is 35.5. The summed E-state index contributed by atoms with van der Waals surface area (Å²) in [5.41, 5.74) is 0.962. The Morgan fingerprint density at radius 3 is 2.71 bits per heavy atom. The van der Waals surface area contributed by atoms with E-state index in [2.05, 4.69) is 10.2 Å². The summed E-state index contributed by atoms with van der Waals surface area (Å²) < 4.78 is 4.94. The second-order valence-electron chi connectivity index (χ2n) is 3.40. The van der Waals surface area contributed by atoms with Crippen molar-refractivity contribution in [3.05, 3.63) is 46.6 Å². The number of hydrogen-bond donors (Lipinski definition) is 1. The number of carbonyl (C=O) groups is 1. The van der Waals surface area contributed by atoms with Crippen molar-refractivity contribution >= 4 is 17.6 Å². The van der Waals surface area contributed by atoms with Crippen LogP contribution in [0.3, 0.4) is 0 Å². The van der Waals surface area contributed by atoms with Crippen molar-refractivity contribution in [2.45, 2.75) is 12.8 Å². The topological polar surface area (TPSA) is 76.2 Å². The Labute approximate surface area is 102 Å². The van der Waals surface area contributed by atoms with Gasteiger partial charge in [-0.1, -0.05) is 29.8 Å². The van der Waals surface area contributed by atoms with Gasteiger partial charge in [0.15, 0.2) is 0 Å². The van der Waals surface area contributed by atoms with Crippen molar-refractivity contribution in [2.75, 3.05) is 0 Å². The molecule has 0 fully saturated rings. The zero-order valence-corrected chi connectivity index (χ0v) is 9.52. The van der Waals surface area contributed by atoms with Crippen LogP contribution >= 0.6 is 11.6 Å². The molecule has 1 N–H and O–H groups in total. The zero-order chi connectivity index (χ0) is 12.3. The van der Waals surface area contributed by atoms with Crippen LogP contribution in [0.15, 0.2) is 28.7 Å². The van der Waals surface area contributed by atoms with E-state index in [0.29, 0.717) is 23.8 Å². The minimum atomic E-state index is -1.22. The monoisotopic (exact) mass is 252 g/mol. The van der Waals surface area contributed by atoms with E-state index in [1.165, 1.54) is 0 Å². The Balaban J connectivity index is 2.02. The molecule has 0 aliphatic carbocycles. The maximum absolute atomic E-state index is 10.5. The van der Waals surface area contributed by atoms with E-state index in [0.717, 1.165) is 5.56 Å². The van der Waals surface area contributed by atoms with Crippen molar-refractivity contribution in [1.82, 2.24) is 10.2 Å². The Morgan fingerprint density at radius 2 is 2.06 bits per heavy atom. The lowest BCUT2D eigenvalue weighted by Gasteiger charge is -2.00. The van der Waals surface area contributed by atoms with Crippen LogP contribution in [0, 0.1) is 0 Å². The number of carboxylic acids is 1. The van der Waals surface area contributed by atoms with Gasteiger partial charge in [-0.05, 0) is 18.1 Å². The fourth-order valence-corrected chi connectivity index (χ4v) is 1.61. The van der Waals surface area contributed by atoms with Gasteiger partial charge in [0.25, 0.3) is 0 Å². The fourth-order valence-electron chi connectivity index (χ4n) is 1.38. The molecule has 0 atom stereocenters. The first kappa shape index (κ1) is 11.6. The SMILES string of the molecule is O=C(O)c1nnc(CCc2ccccc2Cl)o1. The van der Waals surface area contributed by atoms with Crippen molar-refractivity contribution in [3.8, 4) is 0 Å². The van der Waals surface area contributed by atoms with Crippen molar-refractivity contribution < 1.29 is 14.3 Å². The Morgan fingerprint density at radius 1 is 1.29 bits per heavy atom. The quantitative estimate of drug-likeness (QED) is 0.903. The molecule has 5 nitrogen and oxygen atoms in total. The average Bonchev–Trinajstić information content (AvgIpc) is 2.77. The standard InChI is InChI=1S/C11H9ClN2O3/c12-8-4-2-1-3-7(8)5-6-9-13-14-10(17-9)11(15)16/h1-4H,5-6H2,(H,15,16). The van der Waals surface area contributed by atoms with Gasteiger partial charge in [-0.2, -0.15) is 0 Å². The number of halogens is 1. The third kappa shape index (κ3) is 2.82. The van der Waals surface area contributed by atoms with E-state index in [1.807, 2.05) is 18.2 Å². The molecule has 17 heavy (non-hydrogen) atoms. The molecule has 0 radical (unpaired) electrons. The summed E-state index contributed by atoms with van der Waals surface area (Å²) in [6, 6.07) is 7.43. The molecule has 0 spiro atoms. The summed E-state index contributed by atoms with van der Waals surface area (Å²) in [4.78, 5) is 10.5. The summed E-state index contributed by atoms with van der Waals surface area (Å²) in [7, 11) is 0. The molecule has 0 unspecified atom stereocenters. The molecule has 0 aliphatic rings. The number of aromatic carboxylic acids is 1. The number of hydrogen-bond acceptors (Lipinski definition) is 4. The van der Waals surface area contributed by atoms with E-state index >= 15 is 0 Å². The smallest absolute Gasteiger partial charge is 0.393 e. The summed E-state index contributed by atoms with van der Waals surface area (Å²) in [6.07, 6.45) is 1.09. The molecule has 88 valence electrons. The first-order chi connectivity index (χ1) is 8.16. The number of rotatable bonds is 4. The maximum atomic E-state index is 10.5. The third-order valence-electron chi connectivity index (χ3n) is 2.22. The van der Waals surface area contributed by atoms with Gasteiger partial charge in [0.1, 0.15) is 0 Å². The normalized spacial score (nSPS) is 10.4. The summed E-state index contributed by atoms with van der Waals surface area (Å²) in [6.45, 7) is 0. The lowest BCUT2D eigenvalue weighted by atomic mass is 10.1. The highest BCUT2D eigenvalue weighted by molar-refractivity contribution is 6.31. The van der Waals surface area contributed by atoms with Crippen LogP contribution in [0.2, 0.25) is 5.02 Å². The number of benzene rings is 1. The molecule has 2 rings (SSSR count). The molecular formula is C11H9ClN2O3. The van der Waals surface area contributed by atoms with Gasteiger partial charge >= 0.3 is 11.9 Å². The van der Waals surface area contributed by atoms with Gasteiger partial charge in [0.05, 0.1) is 0 Å². The van der Waals surface area contributed by atoms with Gasteiger partial charge < -0.3 is 9.52 Å². The summed E-state index contributed by atoms with van der Waals surface area (Å²) in [5.74, 6) is -1.32. The first-order valence-corrected chi connectivity index (χ1v) is 5.33. The van der Waals surface area contributed by atoms with Gasteiger partial charge in [-0.3, -0.25) is 0 Å². The first-order valence-electron chi connectivity index (χ1n) is 4.96. The van der Waals surface area contributed by atoms with Crippen LogP contribution < -0.4 is 0 Å². The lowest BCUT2D eigenvalue weighted by Crippen LogP contribution is -1.95. The number of nitrogens with zero attached hydrogens (tertiary/aromatic N) is 2. The number of aryl methyl sites for hydroxylation is 2. The molecule has 0 saturated heterocycles. The van der Waals surface area contributed by atoms with Gasteiger partial charge in [0.2, 0.25) is 5.89 Å². The Kier molecular flexibility index (Phi) is 3.39. The third-order valence-corrected chi connectivity index (χ3v) is 2.58. The molecule has 2 aromatic rings. The molecule has 0 saturated carbocycles. The molecule has 0 aliphatic heterocycles. The molecule has 1 aromatic carbocycles. The van der Waals surface area contributed by atoms with E-state index in [-0.39, 0.29) is 5.89 Å². The molecule has 6 heteroatoms. The Bertz CT molecular complexity index is 539. The lowest BCUT2D eigenvalue weighted by molar-refractivity contribution is 0.0651. The van der Waals surface area contributed by atoms with Crippen LogP contribution in [0.25, 0.3) is 0 Å². The fraction of sp³-hybridized carbons (Fsp3) is 0.182. The number of aromatic nitrogens is 2.